The van der Waals surface area contributed by atoms with Crippen LogP contribution < -0.4 is 16.8 Å². The fraction of sp³-hybridized carbons (Fsp3) is 0.333. The molecule has 1 aromatic heterocycles. The lowest BCUT2D eigenvalue weighted by Crippen LogP contribution is -2.32. The molecule has 1 aliphatic heterocycles. The Morgan fingerprint density at radius 3 is 2.92 bits per heavy atom. The predicted molar refractivity (Wildman–Crippen MR) is 46.7 cm³/mol. The first-order chi connectivity index (χ1) is 6.16. The molecule has 1 aromatic rings. The summed E-state index contributed by atoms with van der Waals surface area (Å²) in [6, 6.07) is 0. The number of hydroxylamine groups is 2. The van der Waals surface area contributed by atoms with E-state index in [1.165, 1.54) is 0 Å². The van der Waals surface area contributed by atoms with Crippen LogP contribution in [0.4, 0.5) is 17.6 Å². The molecule has 0 unspecified atom stereocenters. The number of aromatic nitrogens is 2. The number of nitrogens with two attached hydrogens (primary N) is 2. The van der Waals surface area contributed by atoms with Crippen molar-refractivity contribution in [1.29, 1.82) is 0 Å². The van der Waals surface area contributed by atoms with E-state index < -0.39 is 0 Å². The Morgan fingerprint density at radius 2 is 2.15 bits per heavy atom. The number of fused-ring (bicyclic) bond motifs is 1. The van der Waals surface area contributed by atoms with Gasteiger partial charge in [-0.25, -0.2) is 0 Å². The topological polar surface area (TPSA) is 113 Å². The summed E-state index contributed by atoms with van der Waals surface area (Å²) in [4.78, 5) is 7.73. The molecule has 0 aromatic carbocycles. The van der Waals surface area contributed by atoms with Crippen molar-refractivity contribution in [1.82, 2.24) is 15.0 Å². The van der Waals surface area contributed by atoms with Crippen molar-refractivity contribution >= 4 is 17.6 Å². The summed E-state index contributed by atoms with van der Waals surface area (Å²) in [6.07, 6.45) is 0. The Kier molecular flexibility index (Phi) is 1.67. The molecular formula is C6H10N6O. The largest absolute Gasteiger partial charge is 0.383 e. The molecule has 2 rings (SSSR count). The highest BCUT2D eigenvalue weighted by Gasteiger charge is 2.18. The van der Waals surface area contributed by atoms with Gasteiger partial charge in [0, 0.05) is 0 Å². The maximum atomic E-state index is 9.18. The summed E-state index contributed by atoms with van der Waals surface area (Å²) in [7, 11) is 0. The molecule has 7 nitrogen and oxygen atoms in total. The summed E-state index contributed by atoms with van der Waals surface area (Å²) in [6.45, 7) is 0.622. The van der Waals surface area contributed by atoms with Crippen LogP contribution >= 0.6 is 0 Å². The minimum absolute atomic E-state index is 0.134. The van der Waals surface area contributed by atoms with Crippen LogP contribution in [0.25, 0.3) is 0 Å². The molecule has 0 bridgehead atoms. The predicted octanol–water partition coefficient (Wildman–Crippen LogP) is -0.785. The fourth-order valence-electron chi connectivity index (χ4n) is 1.23. The molecule has 0 fully saturated rings. The molecule has 0 atom stereocenters. The Hall–Kier alpha value is -1.60. The Morgan fingerprint density at radius 1 is 1.38 bits per heavy atom. The lowest BCUT2D eigenvalue weighted by Gasteiger charge is -2.24. The van der Waals surface area contributed by atoms with E-state index in [2.05, 4.69) is 15.3 Å². The van der Waals surface area contributed by atoms with Gasteiger partial charge in [0.15, 0.2) is 0 Å². The van der Waals surface area contributed by atoms with E-state index in [1.807, 2.05) is 0 Å². The molecule has 0 radical (unpaired) electrons. The van der Waals surface area contributed by atoms with Gasteiger partial charge < -0.3 is 22.0 Å². The van der Waals surface area contributed by atoms with Crippen LogP contribution in [0.1, 0.15) is 5.56 Å². The minimum Gasteiger partial charge on any atom is -0.383 e. The number of nitrogens with one attached hydrogen (secondary N) is 1. The maximum Gasteiger partial charge on any atom is 0.223 e. The Balaban J connectivity index is 2.47. The second kappa shape index (κ2) is 2.71. The zero-order chi connectivity index (χ0) is 9.42. The van der Waals surface area contributed by atoms with Gasteiger partial charge in [-0.15, -0.1) is 0 Å². The third-order valence-electron chi connectivity index (χ3n) is 1.83. The molecule has 70 valence electrons. The highest BCUT2D eigenvalue weighted by Crippen LogP contribution is 2.23. The molecule has 0 aliphatic carbocycles. The molecule has 1 aliphatic rings. The van der Waals surface area contributed by atoms with E-state index >= 15 is 0 Å². The smallest absolute Gasteiger partial charge is 0.223 e. The van der Waals surface area contributed by atoms with Gasteiger partial charge in [-0.1, -0.05) is 0 Å². The van der Waals surface area contributed by atoms with E-state index in [-0.39, 0.29) is 5.95 Å². The fourth-order valence-corrected chi connectivity index (χ4v) is 1.23. The first-order valence-corrected chi connectivity index (χ1v) is 3.76. The number of nitrogens with zero attached hydrogens (tertiary/aromatic N) is 3. The monoisotopic (exact) mass is 182 g/mol. The van der Waals surface area contributed by atoms with Crippen LogP contribution in [-0.4, -0.2) is 26.9 Å². The summed E-state index contributed by atoms with van der Waals surface area (Å²) in [5.74, 6) is 1.03. The number of nitrogen functional groups attached to an aromatic ring is 2. The molecule has 0 saturated carbocycles. The third kappa shape index (κ3) is 1.34. The second-order valence-corrected chi connectivity index (χ2v) is 2.79. The molecule has 7 heteroatoms. The SMILES string of the molecule is Nc1nc(N)c2c(n1)NCN(O)C2. The maximum absolute atomic E-state index is 9.18. The van der Waals surface area contributed by atoms with Crippen molar-refractivity contribution in [2.24, 2.45) is 0 Å². The number of hydrogen-bond acceptors (Lipinski definition) is 7. The van der Waals surface area contributed by atoms with Crippen LogP contribution in [0.15, 0.2) is 0 Å². The molecular weight excluding hydrogens is 172 g/mol. The van der Waals surface area contributed by atoms with Crippen molar-refractivity contribution in [2.45, 2.75) is 6.54 Å². The molecule has 2 heterocycles. The van der Waals surface area contributed by atoms with Crippen LogP contribution in [0.3, 0.4) is 0 Å². The Labute approximate surface area is 74.3 Å². The number of anilines is 3. The van der Waals surface area contributed by atoms with Crippen LogP contribution in [0, 0.1) is 0 Å². The van der Waals surface area contributed by atoms with Gasteiger partial charge in [0.25, 0.3) is 0 Å². The summed E-state index contributed by atoms with van der Waals surface area (Å²) < 4.78 is 0. The molecule has 6 N–H and O–H groups in total. The quantitative estimate of drug-likeness (QED) is 0.416. The van der Waals surface area contributed by atoms with E-state index in [0.717, 1.165) is 5.06 Å². The van der Waals surface area contributed by atoms with Crippen molar-refractivity contribution < 1.29 is 5.21 Å². The molecule has 0 spiro atoms. The number of hydrogen-bond donors (Lipinski definition) is 4. The van der Waals surface area contributed by atoms with Crippen molar-refractivity contribution in [2.75, 3.05) is 23.5 Å². The van der Waals surface area contributed by atoms with Gasteiger partial charge in [0.2, 0.25) is 5.95 Å². The standard InChI is InChI=1S/C6H10N6O/c7-4-3-1-12(13)2-9-5(3)11-6(8)10-4/h13H,1-2H2,(H5,7,8,9,10,11). The molecule has 0 saturated heterocycles. The lowest BCUT2D eigenvalue weighted by molar-refractivity contribution is -0.0957. The average molecular weight is 182 g/mol. The first kappa shape index (κ1) is 8.02. The van der Waals surface area contributed by atoms with Crippen LogP contribution in [-0.2, 0) is 6.54 Å². The highest BCUT2D eigenvalue weighted by molar-refractivity contribution is 5.59. The highest BCUT2D eigenvalue weighted by atomic mass is 16.5. The molecule has 0 amide bonds. The molecule has 13 heavy (non-hydrogen) atoms. The third-order valence-corrected chi connectivity index (χ3v) is 1.83. The van der Waals surface area contributed by atoms with Gasteiger partial charge in [0.1, 0.15) is 11.6 Å². The van der Waals surface area contributed by atoms with Crippen molar-refractivity contribution in [3.8, 4) is 0 Å². The van der Waals surface area contributed by atoms with Gasteiger partial charge >= 0.3 is 0 Å². The first-order valence-electron chi connectivity index (χ1n) is 3.76. The van der Waals surface area contributed by atoms with Gasteiger partial charge in [-0.3, -0.25) is 0 Å². The van der Waals surface area contributed by atoms with E-state index in [9.17, 15) is 5.21 Å². The summed E-state index contributed by atoms with van der Waals surface area (Å²) in [5, 5.41) is 13.1. The van der Waals surface area contributed by atoms with Crippen LogP contribution in [0.2, 0.25) is 0 Å². The zero-order valence-electron chi connectivity index (χ0n) is 6.86. The van der Waals surface area contributed by atoms with Crippen molar-refractivity contribution in [3.63, 3.8) is 0 Å². The van der Waals surface area contributed by atoms with E-state index in [1.54, 1.807) is 0 Å². The van der Waals surface area contributed by atoms with Gasteiger partial charge in [0.05, 0.1) is 18.8 Å². The summed E-state index contributed by atoms with van der Waals surface area (Å²) in [5.41, 5.74) is 11.7. The van der Waals surface area contributed by atoms with E-state index in [4.69, 9.17) is 11.5 Å². The summed E-state index contributed by atoms with van der Waals surface area (Å²) >= 11 is 0. The van der Waals surface area contributed by atoms with Crippen molar-refractivity contribution in [3.05, 3.63) is 5.56 Å². The van der Waals surface area contributed by atoms with Gasteiger partial charge in [-0.2, -0.15) is 15.0 Å². The second-order valence-electron chi connectivity index (χ2n) is 2.79. The Bertz CT molecular complexity index is 340. The normalized spacial score (nSPS) is 16.4. The minimum atomic E-state index is 0.134. The van der Waals surface area contributed by atoms with E-state index in [0.29, 0.717) is 30.4 Å². The number of rotatable bonds is 0. The zero-order valence-corrected chi connectivity index (χ0v) is 6.86. The van der Waals surface area contributed by atoms with Crippen LogP contribution in [0.5, 0.6) is 0 Å². The van der Waals surface area contributed by atoms with Gasteiger partial charge in [-0.05, 0) is 0 Å². The average Bonchev–Trinajstić information content (AvgIpc) is 2.06. The lowest BCUT2D eigenvalue weighted by atomic mass is 10.2.